The smallest absolute Gasteiger partial charge is 0.241 e. The molecule has 0 atom stereocenters. The molecule has 0 unspecified atom stereocenters. The minimum Gasteiger partial charge on any atom is -0.384 e. The van der Waals surface area contributed by atoms with Crippen LogP contribution in [0, 0.1) is 0 Å². The number of carbonyl (C=O) groups is 1. The van der Waals surface area contributed by atoms with Gasteiger partial charge in [-0.15, -0.1) is 0 Å². The molecule has 0 aromatic rings. The zero-order chi connectivity index (χ0) is 7.28. The molecule has 0 fully saturated rings. The predicted octanol–water partition coefficient (Wildman–Crippen LogP) is -0.985. The standard InChI is InChI=1S/C5H9N3O/c1-8-4(6)2-3-5(7)9/h2-3H,1H3,(H2,6,8)(H2,7,9)/b3-2-. The molecule has 0 bridgehead atoms. The van der Waals surface area contributed by atoms with E-state index in [1.807, 2.05) is 0 Å². The predicted molar refractivity (Wildman–Crippen MR) is 35.9 cm³/mol. The number of rotatable bonds is 2. The van der Waals surface area contributed by atoms with Crippen LogP contribution in [0.5, 0.6) is 0 Å². The van der Waals surface area contributed by atoms with Crippen LogP contribution in [-0.2, 0) is 4.79 Å². The summed E-state index contributed by atoms with van der Waals surface area (Å²) in [5, 5.41) is 0. The number of carbonyl (C=O) groups excluding carboxylic acids is 1. The van der Waals surface area contributed by atoms with Crippen molar-refractivity contribution in [1.29, 1.82) is 0 Å². The normalized spacial score (nSPS) is 12.3. The second kappa shape index (κ2) is 3.65. The van der Waals surface area contributed by atoms with Gasteiger partial charge in [-0.05, 0) is 6.08 Å². The van der Waals surface area contributed by atoms with Gasteiger partial charge in [-0.25, -0.2) is 0 Å². The molecule has 0 saturated carbocycles. The number of aliphatic imine (C=N–C) groups is 1. The summed E-state index contributed by atoms with van der Waals surface area (Å²) in [6.45, 7) is 0. The van der Waals surface area contributed by atoms with Crippen molar-refractivity contribution < 1.29 is 4.79 Å². The van der Waals surface area contributed by atoms with Crippen LogP contribution in [0.4, 0.5) is 0 Å². The van der Waals surface area contributed by atoms with Gasteiger partial charge in [-0.3, -0.25) is 9.79 Å². The van der Waals surface area contributed by atoms with Gasteiger partial charge in [0.2, 0.25) is 5.91 Å². The first-order chi connectivity index (χ1) is 4.16. The molecule has 0 aliphatic rings. The van der Waals surface area contributed by atoms with E-state index in [9.17, 15) is 4.79 Å². The zero-order valence-electron chi connectivity index (χ0n) is 5.16. The van der Waals surface area contributed by atoms with Gasteiger partial charge in [0.25, 0.3) is 0 Å². The summed E-state index contributed by atoms with van der Waals surface area (Å²) >= 11 is 0. The van der Waals surface area contributed by atoms with Crippen molar-refractivity contribution in [1.82, 2.24) is 0 Å². The molecule has 0 aromatic carbocycles. The van der Waals surface area contributed by atoms with Crippen molar-refractivity contribution in [3.63, 3.8) is 0 Å². The van der Waals surface area contributed by atoms with Crippen molar-refractivity contribution in [3.8, 4) is 0 Å². The van der Waals surface area contributed by atoms with Gasteiger partial charge < -0.3 is 11.5 Å². The number of hydrogen-bond acceptors (Lipinski definition) is 2. The molecule has 4 N–H and O–H groups in total. The average Bonchev–Trinajstić information content (AvgIpc) is 1.83. The summed E-state index contributed by atoms with van der Waals surface area (Å²) in [6.07, 6.45) is 2.50. The van der Waals surface area contributed by atoms with Crippen LogP contribution in [0.3, 0.4) is 0 Å². The van der Waals surface area contributed by atoms with E-state index in [1.54, 1.807) is 0 Å². The topological polar surface area (TPSA) is 81.5 Å². The Morgan fingerprint density at radius 1 is 1.44 bits per heavy atom. The Labute approximate surface area is 53.2 Å². The highest BCUT2D eigenvalue weighted by atomic mass is 16.1. The molecule has 4 heteroatoms. The monoisotopic (exact) mass is 127 g/mol. The first kappa shape index (κ1) is 7.68. The molecule has 0 aromatic heterocycles. The molecule has 0 saturated heterocycles. The molecule has 0 aliphatic carbocycles. The van der Waals surface area contributed by atoms with E-state index < -0.39 is 5.91 Å². The van der Waals surface area contributed by atoms with E-state index in [1.165, 1.54) is 13.1 Å². The van der Waals surface area contributed by atoms with Gasteiger partial charge >= 0.3 is 0 Å². The third kappa shape index (κ3) is 4.53. The Morgan fingerprint density at radius 3 is 2.33 bits per heavy atom. The Morgan fingerprint density at radius 2 is 2.00 bits per heavy atom. The fraction of sp³-hybridized carbons (Fsp3) is 0.200. The Bertz CT molecular complexity index is 160. The summed E-state index contributed by atoms with van der Waals surface area (Å²) in [7, 11) is 1.53. The quantitative estimate of drug-likeness (QED) is 0.284. The first-order valence-corrected chi connectivity index (χ1v) is 2.36. The first-order valence-electron chi connectivity index (χ1n) is 2.36. The van der Waals surface area contributed by atoms with Crippen LogP contribution in [-0.4, -0.2) is 18.8 Å². The summed E-state index contributed by atoms with van der Waals surface area (Å²) in [6, 6.07) is 0. The number of hydrogen-bond donors (Lipinski definition) is 2. The van der Waals surface area contributed by atoms with Gasteiger partial charge in [0.15, 0.2) is 0 Å². The maximum absolute atomic E-state index is 10.0. The minimum absolute atomic E-state index is 0.286. The van der Waals surface area contributed by atoms with Crippen LogP contribution in [0.25, 0.3) is 0 Å². The molecule has 0 heterocycles. The van der Waals surface area contributed by atoms with Gasteiger partial charge in [0.05, 0.1) is 0 Å². The van der Waals surface area contributed by atoms with E-state index in [4.69, 9.17) is 11.5 Å². The lowest BCUT2D eigenvalue weighted by Gasteiger charge is -1.84. The van der Waals surface area contributed by atoms with Gasteiger partial charge in [0, 0.05) is 13.1 Å². The lowest BCUT2D eigenvalue weighted by molar-refractivity contribution is -0.113. The highest BCUT2D eigenvalue weighted by molar-refractivity contribution is 5.97. The molecule has 50 valence electrons. The number of nitrogens with zero attached hydrogens (tertiary/aromatic N) is 1. The Hall–Kier alpha value is -1.32. The summed E-state index contributed by atoms with van der Waals surface area (Å²) in [5.41, 5.74) is 9.94. The number of amidine groups is 1. The Balaban J connectivity index is 3.86. The van der Waals surface area contributed by atoms with Gasteiger partial charge in [-0.1, -0.05) is 0 Å². The zero-order valence-corrected chi connectivity index (χ0v) is 5.16. The Kier molecular flexibility index (Phi) is 3.12. The fourth-order valence-electron chi connectivity index (χ4n) is 0.242. The molecule has 4 nitrogen and oxygen atoms in total. The minimum atomic E-state index is -0.526. The lowest BCUT2D eigenvalue weighted by atomic mass is 10.4. The maximum Gasteiger partial charge on any atom is 0.241 e. The molecule has 9 heavy (non-hydrogen) atoms. The third-order valence-corrected chi connectivity index (χ3v) is 0.677. The van der Waals surface area contributed by atoms with Crippen molar-refractivity contribution in [2.24, 2.45) is 16.5 Å². The van der Waals surface area contributed by atoms with Crippen LogP contribution in [0.2, 0.25) is 0 Å². The van der Waals surface area contributed by atoms with Crippen molar-refractivity contribution in [3.05, 3.63) is 12.2 Å². The fourth-order valence-corrected chi connectivity index (χ4v) is 0.242. The highest BCUT2D eigenvalue weighted by Gasteiger charge is 1.82. The van der Waals surface area contributed by atoms with Crippen molar-refractivity contribution in [2.45, 2.75) is 0 Å². The van der Waals surface area contributed by atoms with Crippen LogP contribution in [0.1, 0.15) is 0 Å². The molecular formula is C5H9N3O. The highest BCUT2D eigenvalue weighted by Crippen LogP contribution is 1.70. The molecule has 0 spiro atoms. The molecule has 0 rings (SSSR count). The maximum atomic E-state index is 10.0. The summed E-state index contributed by atoms with van der Waals surface area (Å²) in [5.74, 6) is -0.240. The number of amides is 1. The van der Waals surface area contributed by atoms with E-state index in [-0.39, 0.29) is 5.84 Å². The second-order valence-corrected chi connectivity index (χ2v) is 1.38. The van der Waals surface area contributed by atoms with Gasteiger partial charge in [0.1, 0.15) is 5.84 Å². The molecule has 0 radical (unpaired) electrons. The summed E-state index contributed by atoms with van der Waals surface area (Å²) < 4.78 is 0. The number of nitrogens with two attached hydrogens (primary N) is 2. The van der Waals surface area contributed by atoms with Crippen LogP contribution < -0.4 is 11.5 Å². The average molecular weight is 127 g/mol. The third-order valence-electron chi connectivity index (χ3n) is 0.677. The largest absolute Gasteiger partial charge is 0.384 e. The van der Waals surface area contributed by atoms with E-state index >= 15 is 0 Å². The second-order valence-electron chi connectivity index (χ2n) is 1.38. The molecule has 0 aliphatic heterocycles. The van der Waals surface area contributed by atoms with Gasteiger partial charge in [-0.2, -0.15) is 0 Å². The van der Waals surface area contributed by atoms with E-state index in [2.05, 4.69) is 4.99 Å². The summed E-state index contributed by atoms with van der Waals surface area (Å²) in [4.78, 5) is 13.6. The molecule has 1 amide bonds. The van der Waals surface area contributed by atoms with Crippen LogP contribution >= 0.6 is 0 Å². The number of primary amides is 1. The van der Waals surface area contributed by atoms with Crippen molar-refractivity contribution >= 4 is 11.7 Å². The van der Waals surface area contributed by atoms with Crippen molar-refractivity contribution in [2.75, 3.05) is 7.05 Å². The van der Waals surface area contributed by atoms with Crippen LogP contribution in [0.15, 0.2) is 17.1 Å². The van der Waals surface area contributed by atoms with E-state index in [0.717, 1.165) is 6.08 Å². The lowest BCUT2D eigenvalue weighted by Crippen LogP contribution is -2.11. The SMILES string of the molecule is CN=C(N)/C=C\C(N)=O. The molecular weight excluding hydrogens is 118 g/mol. The van der Waals surface area contributed by atoms with E-state index in [0.29, 0.717) is 0 Å².